The van der Waals surface area contributed by atoms with Crippen LogP contribution < -0.4 is 10.6 Å². The van der Waals surface area contributed by atoms with Crippen molar-refractivity contribution in [3.05, 3.63) is 58.1 Å². The van der Waals surface area contributed by atoms with Crippen LogP contribution in [0.15, 0.2) is 42.5 Å². The molecule has 0 aliphatic carbocycles. The molecule has 0 atom stereocenters. The first kappa shape index (κ1) is 18.1. The van der Waals surface area contributed by atoms with Gasteiger partial charge in [-0.05, 0) is 36.8 Å². The quantitative estimate of drug-likeness (QED) is 0.750. The van der Waals surface area contributed by atoms with E-state index in [1.54, 1.807) is 49.4 Å². The van der Waals surface area contributed by atoms with Crippen LogP contribution in [0, 0.1) is 0 Å². The minimum absolute atomic E-state index is 0.190. The molecule has 126 valence electrons. The van der Waals surface area contributed by atoms with Gasteiger partial charge in [-0.3, -0.25) is 4.79 Å². The fourth-order valence-electron chi connectivity index (χ4n) is 1.98. The highest BCUT2D eigenvalue weighted by molar-refractivity contribution is 6.39. The van der Waals surface area contributed by atoms with Crippen molar-refractivity contribution in [1.82, 2.24) is 0 Å². The second-order valence-electron chi connectivity index (χ2n) is 4.85. The second-order valence-corrected chi connectivity index (χ2v) is 5.67. The summed E-state index contributed by atoms with van der Waals surface area (Å²) in [5.41, 5.74) is 1.72. The fraction of sp³-hybridized carbons (Fsp3) is 0.176. The minimum Gasteiger partial charge on any atom is -0.466 e. The summed E-state index contributed by atoms with van der Waals surface area (Å²) in [6.07, 6.45) is 0.190. The topological polar surface area (TPSA) is 67.4 Å². The second kappa shape index (κ2) is 8.57. The zero-order valence-corrected chi connectivity index (χ0v) is 14.4. The molecule has 0 bridgehead atoms. The first-order chi connectivity index (χ1) is 11.5. The molecule has 0 unspecified atom stereocenters. The van der Waals surface area contributed by atoms with Gasteiger partial charge in [-0.1, -0.05) is 41.4 Å². The maximum absolute atomic E-state index is 12.0. The Morgan fingerprint density at radius 3 is 2.21 bits per heavy atom. The van der Waals surface area contributed by atoms with Crippen LogP contribution in [-0.4, -0.2) is 18.6 Å². The van der Waals surface area contributed by atoms with Crippen molar-refractivity contribution >= 4 is 46.6 Å². The molecule has 0 aliphatic rings. The van der Waals surface area contributed by atoms with Gasteiger partial charge < -0.3 is 15.4 Å². The summed E-state index contributed by atoms with van der Waals surface area (Å²) in [4.78, 5) is 23.4. The van der Waals surface area contributed by atoms with E-state index < -0.39 is 6.03 Å². The lowest BCUT2D eigenvalue weighted by Crippen LogP contribution is -2.19. The molecular formula is C17H16Cl2N2O3. The molecule has 0 heterocycles. The molecule has 2 aromatic rings. The molecule has 5 nitrogen and oxygen atoms in total. The third kappa shape index (κ3) is 5.15. The third-order valence-electron chi connectivity index (χ3n) is 3.07. The van der Waals surface area contributed by atoms with E-state index in [0.29, 0.717) is 28.0 Å². The summed E-state index contributed by atoms with van der Waals surface area (Å²) < 4.78 is 4.89. The van der Waals surface area contributed by atoms with Crippen molar-refractivity contribution in [3.8, 4) is 0 Å². The number of urea groups is 1. The van der Waals surface area contributed by atoms with E-state index in [1.807, 2.05) is 0 Å². The normalized spacial score (nSPS) is 10.1. The number of halogens is 2. The molecule has 7 heteroatoms. The summed E-state index contributed by atoms with van der Waals surface area (Å²) in [6, 6.07) is 11.4. The number of esters is 1. The number of ether oxygens (including phenoxy) is 1. The molecule has 0 spiro atoms. The Morgan fingerprint density at radius 2 is 1.62 bits per heavy atom. The van der Waals surface area contributed by atoms with Crippen LogP contribution in [0.5, 0.6) is 0 Å². The molecule has 0 radical (unpaired) electrons. The van der Waals surface area contributed by atoms with Crippen LogP contribution in [-0.2, 0) is 16.0 Å². The number of benzene rings is 2. The fourth-order valence-corrected chi connectivity index (χ4v) is 2.47. The Labute approximate surface area is 149 Å². The van der Waals surface area contributed by atoms with Gasteiger partial charge in [0.15, 0.2) is 0 Å². The molecule has 2 amide bonds. The molecule has 2 N–H and O–H groups in total. The Kier molecular flexibility index (Phi) is 6.46. The van der Waals surface area contributed by atoms with Crippen LogP contribution in [0.3, 0.4) is 0 Å². The molecular weight excluding hydrogens is 351 g/mol. The van der Waals surface area contributed by atoms with E-state index in [2.05, 4.69) is 10.6 Å². The number of carbonyl (C=O) groups is 2. The monoisotopic (exact) mass is 366 g/mol. The van der Waals surface area contributed by atoms with Crippen LogP contribution in [0.1, 0.15) is 12.5 Å². The lowest BCUT2D eigenvalue weighted by Gasteiger charge is -2.11. The average Bonchev–Trinajstić information content (AvgIpc) is 2.53. The van der Waals surface area contributed by atoms with Gasteiger partial charge in [0.1, 0.15) is 0 Å². The molecule has 24 heavy (non-hydrogen) atoms. The van der Waals surface area contributed by atoms with Gasteiger partial charge in [-0.25, -0.2) is 4.79 Å². The van der Waals surface area contributed by atoms with Gasteiger partial charge in [0.25, 0.3) is 0 Å². The van der Waals surface area contributed by atoms with E-state index >= 15 is 0 Å². The van der Waals surface area contributed by atoms with Crippen LogP contribution in [0.2, 0.25) is 10.0 Å². The van der Waals surface area contributed by atoms with Crippen molar-refractivity contribution < 1.29 is 14.3 Å². The van der Waals surface area contributed by atoms with Crippen molar-refractivity contribution in [1.29, 1.82) is 0 Å². The van der Waals surface area contributed by atoms with Gasteiger partial charge >= 0.3 is 12.0 Å². The number of anilines is 2. The van der Waals surface area contributed by atoms with E-state index in [4.69, 9.17) is 27.9 Å². The number of nitrogens with one attached hydrogen (secondary N) is 2. The SMILES string of the molecule is CCOC(=O)Cc1ccc(NC(=O)Nc2c(Cl)cccc2Cl)cc1. The number of hydrogen-bond acceptors (Lipinski definition) is 3. The van der Waals surface area contributed by atoms with E-state index in [9.17, 15) is 9.59 Å². The molecule has 2 rings (SSSR count). The number of hydrogen-bond donors (Lipinski definition) is 2. The predicted octanol–water partition coefficient (Wildman–Crippen LogP) is 4.74. The van der Waals surface area contributed by atoms with Gasteiger partial charge in [0.2, 0.25) is 0 Å². The summed E-state index contributed by atoms with van der Waals surface area (Å²) >= 11 is 12.0. The molecule has 0 aromatic heterocycles. The smallest absolute Gasteiger partial charge is 0.323 e. The third-order valence-corrected chi connectivity index (χ3v) is 3.70. The molecule has 0 saturated heterocycles. The maximum atomic E-state index is 12.0. The van der Waals surface area contributed by atoms with Gasteiger partial charge in [0.05, 0.1) is 28.8 Å². The molecule has 0 aliphatic heterocycles. The lowest BCUT2D eigenvalue weighted by molar-refractivity contribution is -0.142. The Bertz CT molecular complexity index is 713. The van der Waals surface area contributed by atoms with Gasteiger partial charge in [0, 0.05) is 5.69 Å². The zero-order valence-electron chi connectivity index (χ0n) is 12.9. The van der Waals surface area contributed by atoms with E-state index in [-0.39, 0.29) is 12.4 Å². The Hall–Kier alpha value is -2.24. The maximum Gasteiger partial charge on any atom is 0.323 e. The molecule has 2 aromatic carbocycles. The van der Waals surface area contributed by atoms with Crippen molar-refractivity contribution in [3.63, 3.8) is 0 Å². The lowest BCUT2D eigenvalue weighted by atomic mass is 10.1. The van der Waals surface area contributed by atoms with Gasteiger partial charge in [-0.15, -0.1) is 0 Å². The summed E-state index contributed by atoms with van der Waals surface area (Å²) in [7, 11) is 0. The molecule has 0 saturated carbocycles. The summed E-state index contributed by atoms with van der Waals surface area (Å²) in [6.45, 7) is 2.11. The predicted molar refractivity (Wildman–Crippen MR) is 95.9 cm³/mol. The first-order valence-electron chi connectivity index (χ1n) is 7.26. The molecule has 0 fully saturated rings. The Morgan fingerprint density at radius 1 is 1.00 bits per heavy atom. The number of amides is 2. The van der Waals surface area contributed by atoms with E-state index in [1.165, 1.54) is 0 Å². The standard InChI is InChI=1S/C17H16Cl2N2O3/c1-2-24-15(22)10-11-6-8-12(9-7-11)20-17(23)21-16-13(18)4-3-5-14(16)19/h3-9H,2,10H2,1H3,(H2,20,21,23). The highest BCUT2D eigenvalue weighted by atomic mass is 35.5. The van der Waals surface area contributed by atoms with E-state index in [0.717, 1.165) is 5.56 Å². The van der Waals surface area contributed by atoms with Gasteiger partial charge in [-0.2, -0.15) is 0 Å². The van der Waals surface area contributed by atoms with Crippen LogP contribution >= 0.6 is 23.2 Å². The van der Waals surface area contributed by atoms with Crippen molar-refractivity contribution in [2.45, 2.75) is 13.3 Å². The van der Waals surface area contributed by atoms with Crippen molar-refractivity contribution in [2.24, 2.45) is 0 Å². The highest BCUT2D eigenvalue weighted by Gasteiger charge is 2.10. The Balaban J connectivity index is 1.96. The van der Waals surface area contributed by atoms with Crippen molar-refractivity contribution in [2.75, 3.05) is 17.2 Å². The first-order valence-corrected chi connectivity index (χ1v) is 8.01. The number of para-hydroxylation sites is 1. The largest absolute Gasteiger partial charge is 0.466 e. The summed E-state index contributed by atoms with van der Waals surface area (Å²) in [5.74, 6) is -0.288. The average molecular weight is 367 g/mol. The highest BCUT2D eigenvalue weighted by Crippen LogP contribution is 2.29. The van der Waals surface area contributed by atoms with Crippen LogP contribution in [0.4, 0.5) is 16.2 Å². The van der Waals surface area contributed by atoms with Crippen LogP contribution in [0.25, 0.3) is 0 Å². The number of carbonyl (C=O) groups excluding carboxylic acids is 2. The minimum atomic E-state index is -0.469. The zero-order chi connectivity index (χ0) is 17.5. The summed E-state index contributed by atoms with van der Waals surface area (Å²) in [5, 5.41) is 5.97. The number of rotatable bonds is 5.